The van der Waals surface area contributed by atoms with Gasteiger partial charge in [-0.1, -0.05) is 36.7 Å². The van der Waals surface area contributed by atoms with E-state index in [-0.39, 0.29) is 0 Å². The molecule has 1 aliphatic carbocycles. The van der Waals surface area contributed by atoms with Crippen LogP contribution in [0.25, 0.3) is 0 Å². The highest BCUT2D eigenvalue weighted by atomic mass is 79.9. The summed E-state index contributed by atoms with van der Waals surface area (Å²) < 4.78 is 1.18. The maximum Gasteiger partial charge on any atom is 0.0415 e. The van der Waals surface area contributed by atoms with Crippen molar-refractivity contribution in [2.75, 3.05) is 18.0 Å². The molecule has 0 saturated heterocycles. The molecule has 1 fully saturated rings. The van der Waals surface area contributed by atoms with Gasteiger partial charge in [-0.05, 0) is 55.5 Å². The molecule has 0 unspecified atom stereocenters. The van der Waals surface area contributed by atoms with Crippen LogP contribution in [0.1, 0.15) is 45.6 Å². The molecule has 1 aromatic rings. The lowest BCUT2D eigenvalue weighted by atomic mass is 10.1. The Morgan fingerprint density at radius 2 is 2.10 bits per heavy atom. The summed E-state index contributed by atoms with van der Waals surface area (Å²) >= 11 is 3.61. The summed E-state index contributed by atoms with van der Waals surface area (Å²) in [4.78, 5) is 2.63. The Kier molecular flexibility index (Phi) is 5.91. The largest absolute Gasteiger partial charge is 0.368 e. The third-order valence-corrected chi connectivity index (χ3v) is 4.14. The molecule has 0 bridgehead atoms. The van der Waals surface area contributed by atoms with Gasteiger partial charge in [-0.25, -0.2) is 0 Å². The fraction of sp³-hybridized carbons (Fsp3) is 0.647. The molecule has 112 valence electrons. The highest BCUT2D eigenvalue weighted by Gasteiger charge is 2.30. The highest BCUT2D eigenvalue weighted by molar-refractivity contribution is 9.10. The van der Waals surface area contributed by atoms with Crippen molar-refractivity contribution in [1.29, 1.82) is 0 Å². The van der Waals surface area contributed by atoms with Gasteiger partial charge in [0.15, 0.2) is 0 Å². The number of rotatable bonds is 8. The van der Waals surface area contributed by atoms with E-state index in [1.807, 2.05) is 0 Å². The van der Waals surface area contributed by atoms with Crippen molar-refractivity contribution in [3.8, 4) is 0 Å². The summed E-state index contributed by atoms with van der Waals surface area (Å²) in [5, 5.41) is 3.54. The fourth-order valence-electron chi connectivity index (χ4n) is 2.60. The van der Waals surface area contributed by atoms with E-state index in [0.29, 0.717) is 5.92 Å². The van der Waals surface area contributed by atoms with Crippen LogP contribution in [0.2, 0.25) is 0 Å². The van der Waals surface area contributed by atoms with Crippen LogP contribution in [0.4, 0.5) is 5.69 Å². The quantitative estimate of drug-likeness (QED) is 0.698. The average Bonchev–Trinajstić information content (AvgIpc) is 3.21. The molecule has 0 aromatic heterocycles. The van der Waals surface area contributed by atoms with Crippen LogP contribution in [0.15, 0.2) is 22.7 Å². The minimum atomic E-state index is 0.704. The zero-order valence-corrected chi connectivity index (χ0v) is 14.5. The van der Waals surface area contributed by atoms with Crippen molar-refractivity contribution in [3.05, 3.63) is 28.2 Å². The second-order valence-corrected chi connectivity index (χ2v) is 7.14. The molecular formula is C17H27BrN2. The van der Waals surface area contributed by atoms with Crippen molar-refractivity contribution in [2.45, 2.75) is 52.6 Å². The van der Waals surface area contributed by atoms with E-state index < -0.39 is 0 Å². The number of nitrogens with one attached hydrogen (secondary N) is 1. The Morgan fingerprint density at radius 1 is 1.35 bits per heavy atom. The molecule has 20 heavy (non-hydrogen) atoms. The number of halogens is 1. The lowest BCUT2D eigenvalue weighted by molar-refractivity contribution is 0.602. The van der Waals surface area contributed by atoms with Crippen molar-refractivity contribution >= 4 is 21.6 Å². The summed E-state index contributed by atoms with van der Waals surface area (Å²) in [5.74, 6) is 0.704. The van der Waals surface area contributed by atoms with Crippen LogP contribution in [0, 0.1) is 5.92 Å². The molecule has 0 aliphatic heterocycles. The molecule has 1 N–H and O–H groups in total. The van der Waals surface area contributed by atoms with Gasteiger partial charge in [-0.15, -0.1) is 0 Å². The SMILES string of the molecule is CCCNCc1cc(Br)ccc1N(CC(C)C)C1CC1. The second-order valence-electron chi connectivity index (χ2n) is 6.23. The molecule has 0 spiro atoms. The Labute approximate surface area is 132 Å². The summed E-state index contributed by atoms with van der Waals surface area (Å²) in [6.07, 6.45) is 3.89. The van der Waals surface area contributed by atoms with Crippen LogP contribution < -0.4 is 10.2 Å². The third kappa shape index (κ3) is 4.49. The van der Waals surface area contributed by atoms with Crippen molar-refractivity contribution in [2.24, 2.45) is 5.92 Å². The van der Waals surface area contributed by atoms with Gasteiger partial charge in [-0.3, -0.25) is 0 Å². The maximum absolute atomic E-state index is 3.61. The molecule has 2 rings (SSSR count). The summed E-state index contributed by atoms with van der Waals surface area (Å²) in [6, 6.07) is 7.50. The van der Waals surface area contributed by atoms with Gasteiger partial charge in [-0.2, -0.15) is 0 Å². The van der Waals surface area contributed by atoms with Gasteiger partial charge >= 0.3 is 0 Å². The van der Waals surface area contributed by atoms with Crippen LogP contribution in [0.5, 0.6) is 0 Å². The Hall–Kier alpha value is -0.540. The van der Waals surface area contributed by atoms with E-state index in [9.17, 15) is 0 Å². The lowest BCUT2D eigenvalue weighted by Crippen LogP contribution is -2.31. The minimum Gasteiger partial charge on any atom is -0.368 e. The minimum absolute atomic E-state index is 0.704. The molecule has 1 aromatic carbocycles. The number of hydrogen-bond donors (Lipinski definition) is 1. The molecule has 0 heterocycles. The predicted octanol–water partition coefficient (Wildman–Crippen LogP) is 4.57. The number of hydrogen-bond acceptors (Lipinski definition) is 2. The summed E-state index contributed by atoms with van der Waals surface area (Å²) in [5.41, 5.74) is 2.84. The Bertz CT molecular complexity index is 427. The maximum atomic E-state index is 3.61. The fourth-order valence-corrected chi connectivity index (χ4v) is 3.01. The first-order chi connectivity index (χ1) is 9.61. The van der Waals surface area contributed by atoms with Crippen LogP contribution >= 0.6 is 15.9 Å². The van der Waals surface area contributed by atoms with Crippen molar-refractivity contribution < 1.29 is 0 Å². The topological polar surface area (TPSA) is 15.3 Å². The van der Waals surface area contributed by atoms with E-state index in [1.54, 1.807) is 0 Å². The van der Waals surface area contributed by atoms with Crippen molar-refractivity contribution in [1.82, 2.24) is 5.32 Å². The van der Waals surface area contributed by atoms with Gasteiger partial charge in [0.25, 0.3) is 0 Å². The number of anilines is 1. The first kappa shape index (κ1) is 15.8. The van der Waals surface area contributed by atoms with Crippen LogP contribution in [-0.2, 0) is 6.54 Å². The molecule has 1 aliphatic rings. The van der Waals surface area contributed by atoms with Crippen molar-refractivity contribution in [3.63, 3.8) is 0 Å². The number of nitrogens with zero attached hydrogens (tertiary/aromatic N) is 1. The zero-order valence-electron chi connectivity index (χ0n) is 13.0. The van der Waals surface area contributed by atoms with E-state index in [4.69, 9.17) is 0 Å². The smallest absolute Gasteiger partial charge is 0.0415 e. The Morgan fingerprint density at radius 3 is 2.70 bits per heavy atom. The number of benzene rings is 1. The monoisotopic (exact) mass is 338 g/mol. The molecule has 0 amide bonds. The molecule has 0 radical (unpaired) electrons. The average molecular weight is 339 g/mol. The standard InChI is InChI=1S/C17H27BrN2/c1-4-9-19-11-14-10-15(18)5-8-17(14)20(12-13(2)3)16-6-7-16/h5,8,10,13,16,19H,4,6-7,9,11-12H2,1-3H3. The van der Waals surface area contributed by atoms with Crippen LogP contribution in [-0.4, -0.2) is 19.1 Å². The molecule has 2 nitrogen and oxygen atoms in total. The predicted molar refractivity (Wildman–Crippen MR) is 91.3 cm³/mol. The summed E-state index contributed by atoms with van der Waals surface area (Å²) in [6.45, 7) is 10.0. The van der Waals surface area contributed by atoms with Gasteiger partial charge in [0, 0.05) is 29.3 Å². The third-order valence-electron chi connectivity index (χ3n) is 3.64. The zero-order chi connectivity index (χ0) is 14.5. The first-order valence-corrected chi connectivity index (χ1v) is 8.67. The molecule has 3 heteroatoms. The van der Waals surface area contributed by atoms with E-state index in [2.05, 4.69) is 65.1 Å². The highest BCUT2D eigenvalue weighted by Crippen LogP contribution is 2.35. The van der Waals surface area contributed by atoms with E-state index >= 15 is 0 Å². The summed E-state index contributed by atoms with van der Waals surface area (Å²) in [7, 11) is 0. The first-order valence-electron chi connectivity index (χ1n) is 7.87. The van der Waals surface area contributed by atoms with Gasteiger partial charge in [0.2, 0.25) is 0 Å². The van der Waals surface area contributed by atoms with E-state index in [0.717, 1.165) is 25.7 Å². The normalized spacial score (nSPS) is 14.8. The second kappa shape index (κ2) is 7.46. The Balaban J connectivity index is 2.18. The molecule has 0 atom stereocenters. The van der Waals surface area contributed by atoms with Gasteiger partial charge < -0.3 is 10.2 Å². The van der Waals surface area contributed by atoms with E-state index in [1.165, 1.54) is 35.0 Å². The van der Waals surface area contributed by atoms with Gasteiger partial charge in [0.1, 0.15) is 0 Å². The lowest BCUT2D eigenvalue weighted by Gasteiger charge is -2.29. The molecular weight excluding hydrogens is 312 g/mol. The molecule has 1 saturated carbocycles. The van der Waals surface area contributed by atoms with Crippen LogP contribution in [0.3, 0.4) is 0 Å². The van der Waals surface area contributed by atoms with Gasteiger partial charge in [0.05, 0.1) is 0 Å².